The van der Waals surface area contributed by atoms with E-state index in [-0.39, 0.29) is 17.1 Å². The molecule has 1 heterocycles. The first-order chi connectivity index (χ1) is 10.1. The second kappa shape index (κ2) is 7.03. The highest BCUT2D eigenvalue weighted by Gasteiger charge is 2.19. The molecule has 7 heteroatoms. The predicted octanol–water partition coefficient (Wildman–Crippen LogP) is 2.27. The molecule has 110 valence electrons. The highest BCUT2D eigenvalue weighted by molar-refractivity contribution is 8.00. The number of thioether (sulfide) groups is 1. The summed E-state index contributed by atoms with van der Waals surface area (Å²) >= 11 is 1.28. The number of benzene rings is 1. The largest absolute Gasteiger partial charge is 0.368 e. The van der Waals surface area contributed by atoms with Gasteiger partial charge >= 0.3 is 0 Å². The fraction of sp³-hybridized carbons (Fsp3) is 0.286. The van der Waals surface area contributed by atoms with Gasteiger partial charge in [0.05, 0.1) is 5.25 Å². The molecule has 1 atom stereocenters. The third kappa shape index (κ3) is 4.42. The van der Waals surface area contributed by atoms with E-state index in [1.54, 1.807) is 0 Å². The molecular weight excluding hydrogens is 286 g/mol. The summed E-state index contributed by atoms with van der Waals surface area (Å²) in [6.07, 6.45) is 2.00. The predicted molar refractivity (Wildman–Crippen MR) is 84.0 cm³/mol. The standard InChI is InChI=1S/C14H17N5OS/c1-3-11(21-14-17-8-16-13(15)19-14)12(20)18-10-6-4-9(2)5-7-10/h4-8,11H,3H2,1-2H3,(H,18,20)(H2,15,16,17,19). The number of nitrogens with zero attached hydrogens (tertiary/aromatic N) is 3. The Morgan fingerprint density at radius 2 is 2.05 bits per heavy atom. The fourth-order valence-electron chi connectivity index (χ4n) is 1.66. The smallest absolute Gasteiger partial charge is 0.237 e. The summed E-state index contributed by atoms with van der Waals surface area (Å²) in [5.74, 6) is 0.0756. The van der Waals surface area contributed by atoms with Gasteiger partial charge < -0.3 is 11.1 Å². The molecule has 3 N–H and O–H groups in total. The first kappa shape index (κ1) is 15.2. The van der Waals surface area contributed by atoms with E-state index in [4.69, 9.17) is 5.73 Å². The van der Waals surface area contributed by atoms with Gasteiger partial charge in [0.2, 0.25) is 11.9 Å². The van der Waals surface area contributed by atoms with Crippen molar-refractivity contribution >= 4 is 29.3 Å². The number of hydrogen-bond donors (Lipinski definition) is 2. The maximum absolute atomic E-state index is 12.3. The van der Waals surface area contributed by atoms with Gasteiger partial charge in [0.1, 0.15) is 6.33 Å². The second-order valence-electron chi connectivity index (χ2n) is 4.50. The first-order valence-corrected chi connectivity index (χ1v) is 7.45. The molecule has 0 radical (unpaired) electrons. The number of carbonyl (C=O) groups excluding carboxylic acids is 1. The van der Waals surface area contributed by atoms with Crippen LogP contribution < -0.4 is 11.1 Å². The van der Waals surface area contributed by atoms with Crippen molar-refractivity contribution in [3.63, 3.8) is 0 Å². The molecule has 1 aromatic heterocycles. The van der Waals surface area contributed by atoms with Crippen LogP contribution in [0, 0.1) is 6.92 Å². The van der Waals surface area contributed by atoms with E-state index < -0.39 is 0 Å². The van der Waals surface area contributed by atoms with Crippen LogP contribution in [0.1, 0.15) is 18.9 Å². The topological polar surface area (TPSA) is 93.8 Å². The van der Waals surface area contributed by atoms with Crippen molar-refractivity contribution in [2.75, 3.05) is 11.1 Å². The van der Waals surface area contributed by atoms with Crippen LogP contribution in [0.4, 0.5) is 11.6 Å². The average Bonchev–Trinajstić information content (AvgIpc) is 2.47. The monoisotopic (exact) mass is 303 g/mol. The van der Waals surface area contributed by atoms with E-state index in [9.17, 15) is 4.79 Å². The van der Waals surface area contributed by atoms with Crippen LogP contribution in [0.25, 0.3) is 0 Å². The second-order valence-corrected chi connectivity index (χ2v) is 5.67. The lowest BCUT2D eigenvalue weighted by Gasteiger charge is -2.13. The van der Waals surface area contributed by atoms with Crippen molar-refractivity contribution in [1.82, 2.24) is 15.0 Å². The highest BCUT2D eigenvalue weighted by Crippen LogP contribution is 2.23. The van der Waals surface area contributed by atoms with Crippen molar-refractivity contribution in [3.05, 3.63) is 36.2 Å². The molecule has 0 spiro atoms. The van der Waals surface area contributed by atoms with Crippen molar-refractivity contribution in [1.29, 1.82) is 0 Å². The Morgan fingerprint density at radius 1 is 1.33 bits per heavy atom. The Hall–Kier alpha value is -2.15. The minimum atomic E-state index is -0.284. The number of rotatable bonds is 5. The van der Waals surface area contributed by atoms with Crippen molar-refractivity contribution in [2.45, 2.75) is 30.7 Å². The molecule has 0 aliphatic carbocycles. The summed E-state index contributed by atoms with van der Waals surface area (Å²) in [4.78, 5) is 24.0. The lowest BCUT2D eigenvalue weighted by atomic mass is 10.2. The van der Waals surface area contributed by atoms with Crippen LogP contribution >= 0.6 is 11.8 Å². The van der Waals surface area contributed by atoms with Crippen molar-refractivity contribution in [2.24, 2.45) is 0 Å². The van der Waals surface area contributed by atoms with Gasteiger partial charge in [-0.3, -0.25) is 4.79 Å². The molecular formula is C14H17N5OS. The molecule has 0 aliphatic heterocycles. The summed E-state index contributed by atoms with van der Waals surface area (Å²) in [6.45, 7) is 3.94. The Morgan fingerprint density at radius 3 is 2.67 bits per heavy atom. The van der Waals surface area contributed by atoms with E-state index >= 15 is 0 Å². The number of carbonyl (C=O) groups is 1. The van der Waals surface area contributed by atoms with Gasteiger partial charge in [0.25, 0.3) is 0 Å². The third-order valence-electron chi connectivity index (χ3n) is 2.80. The lowest BCUT2D eigenvalue weighted by molar-refractivity contribution is -0.115. The van der Waals surface area contributed by atoms with E-state index in [0.717, 1.165) is 11.3 Å². The minimum Gasteiger partial charge on any atom is -0.368 e. The van der Waals surface area contributed by atoms with Crippen LogP contribution in [0.3, 0.4) is 0 Å². The molecule has 21 heavy (non-hydrogen) atoms. The Balaban J connectivity index is 2.03. The molecule has 0 bridgehead atoms. The molecule has 0 fully saturated rings. The number of amides is 1. The van der Waals surface area contributed by atoms with Gasteiger partial charge in [-0.15, -0.1) is 0 Å². The summed E-state index contributed by atoms with van der Waals surface area (Å²) < 4.78 is 0. The fourth-order valence-corrected chi connectivity index (χ4v) is 2.50. The molecule has 0 saturated carbocycles. The lowest BCUT2D eigenvalue weighted by Crippen LogP contribution is -2.24. The molecule has 1 aromatic carbocycles. The van der Waals surface area contributed by atoms with E-state index in [1.807, 2.05) is 38.1 Å². The Bertz CT molecular complexity index is 617. The van der Waals surface area contributed by atoms with Gasteiger partial charge in [0.15, 0.2) is 5.16 Å². The number of nitrogens with two attached hydrogens (primary N) is 1. The molecule has 6 nitrogen and oxygen atoms in total. The van der Waals surface area contributed by atoms with Crippen LogP contribution in [-0.4, -0.2) is 26.1 Å². The van der Waals surface area contributed by atoms with Gasteiger partial charge in [0, 0.05) is 5.69 Å². The molecule has 1 amide bonds. The quantitative estimate of drug-likeness (QED) is 0.823. The molecule has 1 unspecified atom stereocenters. The van der Waals surface area contributed by atoms with Gasteiger partial charge in [-0.1, -0.05) is 36.4 Å². The number of anilines is 2. The van der Waals surface area contributed by atoms with Crippen molar-refractivity contribution < 1.29 is 4.79 Å². The number of aromatic nitrogens is 3. The molecule has 2 aromatic rings. The molecule has 0 saturated heterocycles. The number of nitrogens with one attached hydrogen (secondary N) is 1. The van der Waals surface area contributed by atoms with Gasteiger partial charge in [-0.05, 0) is 25.5 Å². The maximum atomic E-state index is 12.3. The van der Waals surface area contributed by atoms with Crippen LogP contribution in [-0.2, 0) is 4.79 Å². The number of aryl methyl sites for hydroxylation is 1. The van der Waals surface area contributed by atoms with Gasteiger partial charge in [-0.25, -0.2) is 9.97 Å². The maximum Gasteiger partial charge on any atom is 0.237 e. The summed E-state index contributed by atoms with van der Waals surface area (Å²) in [7, 11) is 0. The van der Waals surface area contributed by atoms with E-state index in [0.29, 0.717) is 11.6 Å². The summed E-state index contributed by atoms with van der Waals surface area (Å²) in [5, 5.41) is 3.06. The average molecular weight is 303 g/mol. The Labute approximate surface area is 127 Å². The number of hydrogen-bond acceptors (Lipinski definition) is 6. The first-order valence-electron chi connectivity index (χ1n) is 6.57. The zero-order valence-electron chi connectivity index (χ0n) is 11.9. The zero-order valence-corrected chi connectivity index (χ0v) is 12.7. The molecule has 0 aliphatic rings. The van der Waals surface area contributed by atoms with Crippen LogP contribution in [0.2, 0.25) is 0 Å². The SMILES string of the molecule is CCC(Sc1ncnc(N)n1)C(=O)Nc1ccc(C)cc1. The Kier molecular flexibility index (Phi) is 5.10. The highest BCUT2D eigenvalue weighted by atomic mass is 32.2. The van der Waals surface area contributed by atoms with Crippen LogP contribution in [0.15, 0.2) is 35.7 Å². The summed E-state index contributed by atoms with van der Waals surface area (Å²) in [6, 6.07) is 7.67. The molecule has 2 rings (SSSR count). The normalized spacial score (nSPS) is 11.9. The zero-order chi connectivity index (χ0) is 15.2. The van der Waals surface area contributed by atoms with Crippen LogP contribution in [0.5, 0.6) is 0 Å². The van der Waals surface area contributed by atoms with E-state index in [2.05, 4.69) is 20.3 Å². The van der Waals surface area contributed by atoms with Crippen molar-refractivity contribution in [3.8, 4) is 0 Å². The summed E-state index contributed by atoms with van der Waals surface area (Å²) in [5.41, 5.74) is 7.44. The number of nitrogen functional groups attached to an aromatic ring is 1. The minimum absolute atomic E-state index is 0.0784. The van der Waals surface area contributed by atoms with E-state index in [1.165, 1.54) is 18.1 Å². The third-order valence-corrected chi connectivity index (χ3v) is 4.04. The van der Waals surface area contributed by atoms with Gasteiger partial charge in [-0.2, -0.15) is 4.98 Å².